The Morgan fingerprint density at radius 3 is 2.54 bits per heavy atom. The molecule has 0 fully saturated rings. The summed E-state index contributed by atoms with van der Waals surface area (Å²) in [7, 11) is -3.94. The van der Waals surface area contributed by atoms with Crippen LogP contribution in [0.1, 0.15) is 60.4 Å². The first kappa shape index (κ1) is 36.8. The zero-order valence-corrected chi connectivity index (χ0v) is 30.3. The molecule has 1 aliphatic rings. The number of sulfonamides is 1. The molecule has 3 aromatic heterocycles. The maximum Gasteiger partial charge on any atom is 0.248 e. The van der Waals surface area contributed by atoms with Crippen molar-refractivity contribution in [2.75, 3.05) is 30.4 Å². The van der Waals surface area contributed by atoms with Gasteiger partial charge in [-0.2, -0.15) is 4.31 Å². The van der Waals surface area contributed by atoms with Gasteiger partial charge in [0, 0.05) is 31.6 Å². The molecule has 0 spiro atoms. The normalized spacial score (nSPS) is 16.2. The minimum atomic E-state index is -3.94. The minimum Gasteiger partial charge on any atom is -0.472 e. The van der Waals surface area contributed by atoms with Gasteiger partial charge in [-0.15, -0.1) is 5.10 Å². The van der Waals surface area contributed by atoms with Crippen LogP contribution in [0.4, 0.5) is 11.6 Å². The average Bonchev–Trinajstić information content (AvgIpc) is 3.54. The van der Waals surface area contributed by atoms with Crippen molar-refractivity contribution < 1.29 is 28.2 Å². The number of aliphatic hydroxyl groups excluding tert-OH is 2. The number of carbonyl (C=O) groups excluding carboxylic acids is 1. The molecule has 1 aliphatic heterocycles. The number of hydrogen-bond donors (Lipinski definition) is 4. The number of fused-ring (bicyclic) bond motifs is 2. The van der Waals surface area contributed by atoms with E-state index in [2.05, 4.69) is 35.9 Å². The van der Waals surface area contributed by atoms with Crippen molar-refractivity contribution in [2.45, 2.75) is 76.6 Å². The van der Waals surface area contributed by atoms with Gasteiger partial charge in [0.15, 0.2) is 0 Å². The Balaban J connectivity index is 1.34. The van der Waals surface area contributed by atoms with Crippen LogP contribution in [-0.2, 0) is 27.9 Å². The predicted octanol–water partition coefficient (Wildman–Crippen LogP) is 3.54. The van der Waals surface area contributed by atoms with E-state index in [1.807, 2.05) is 62.7 Å². The van der Waals surface area contributed by atoms with Crippen molar-refractivity contribution in [1.82, 2.24) is 34.3 Å². The summed E-state index contributed by atoms with van der Waals surface area (Å²) in [4.78, 5) is 26.4. The van der Waals surface area contributed by atoms with E-state index in [4.69, 9.17) is 4.74 Å². The fourth-order valence-electron chi connectivity index (χ4n) is 6.35. The number of pyridine rings is 1. The molecule has 0 saturated heterocycles. The quantitative estimate of drug-likeness (QED) is 0.138. The maximum absolute atomic E-state index is 14.0. The van der Waals surface area contributed by atoms with E-state index < -0.39 is 22.0 Å². The predicted molar refractivity (Wildman–Crippen MR) is 194 cm³/mol. The molecule has 15 nitrogen and oxygen atoms in total. The molecule has 2 aromatic carbocycles. The van der Waals surface area contributed by atoms with Gasteiger partial charge < -0.3 is 25.6 Å². The molecule has 0 bridgehead atoms. The van der Waals surface area contributed by atoms with Gasteiger partial charge in [0.25, 0.3) is 0 Å². The average molecular weight is 730 g/mol. The molecule has 0 radical (unpaired) electrons. The van der Waals surface area contributed by atoms with Gasteiger partial charge in [-0.05, 0) is 73.2 Å². The lowest BCUT2D eigenvalue weighted by molar-refractivity contribution is -0.116. The molecule has 4 heterocycles. The Morgan fingerprint density at radius 1 is 1.06 bits per heavy atom. The molecule has 1 unspecified atom stereocenters. The van der Waals surface area contributed by atoms with Crippen LogP contribution in [0, 0.1) is 13.8 Å². The van der Waals surface area contributed by atoms with Crippen LogP contribution in [-0.4, -0.2) is 90.7 Å². The van der Waals surface area contributed by atoms with E-state index in [0.29, 0.717) is 18.7 Å². The molecule has 274 valence electrons. The fraction of sp³-hybridized carbons (Fsp3) is 0.389. The standard InChI is InChI=1S/C36H43N9O6S/c1-5-28-19-44(52(49,50)32-8-7-13-37-35(32)51-28)18-25-14-24(10-9-22(25)3)30(29-11-12-31-34(23(29)4)42-43-45(31)6-2)15-33(48)40-26-16-38-36(39-17-26)41-27(20-46)21-47/h7-14,16-17,27-28,30,46-47H,5-6,15,18-21H2,1-4H3,(H,40,48)(H,38,39,41)/t28-,30?/m1/s1. The summed E-state index contributed by atoms with van der Waals surface area (Å²) in [5.74, 6) is -0.429. The largest absolute Gasteiger partial charge is 0.472 e. The van der Waals surface area contributed by atoms with Crippen LogP contribution in [0.25, 0.3) is 11.0 Å². The highest BCUT2D eigenvalue weighted by Gasteiger charge is 2.35. The molecule has 4 N–H and O–H groups in total. The lowest BCUT2D eigenvalue weighted by Crippen LogP contribution is -2.36. The van der Waals surface area contributed by atoms with Gasteiger partial charge in [0.1, 0.15) is 16.5 Å². The highest BCUT2D eigenvalue weighted by Crippen LogP contribution is 2.36. The van der Waals surface area contributed by atoms with Crippen molar-refractivity contribution in [3.8, 4) is 5.88 Å². The van der Waals surface area contributed by atoms with Gasteiger partial charge >= 0.3 is 0 Å². The molecule has 16 heteroatoms. The minimum absolute atomic E-state index is 0.0350. The van der Waals surface area contributed by atoms with Gasteiger partial charge in [0.05, 0.1) is 49.4 Å². The number of anilines is 2. The number of aryl methyl sites for hydroxylation is 3. The van der Waals surface area contributed by atoms with Crippen LogP contribution in [0.3, 0.4) is 0 Å². The highest BCUT2D eigenvalue weighted by molar-refractivity contribution is 7.89. The third-order valence-corrected chi connectivity index (χ3v) is 11.2. The number of aliphatic hydroxyl groups is 2. The fourth-order valence-corrected chi connectivity index (χ4v) is 7.87. The highest BCUT2D eigenvalue weighted by atomic mass is 32.2. The summed E-state index contributed by atoms with van der Waals surface area (Å²) in [5, 5.41) is 33.2. The molecular weight excluding hydrogens is 687 g/mol. The number of aromatic nitrogens is 6. The Hall–Kier alpha value is -5.03. The number of hydrogen-bond acceptors (Lipinski definition) is 12. The Morgan fingerprint density at radius 2 is 1.83 bits per heavy atom. The summed E-state index contributed by atoms with van der Waals surface area (Å²) in [6.45, 7) is 8.17. The summed E-state index contributed by atoms with van der Waals surface area (Å²) in [6.07, 6.45) is 4.67. The van der Waals surface area contributed by atoms with Crippen LogP contribution >= 0.6 is 0 Å². The maximum atomic E-state index is 14.0. The SMILES string of the molecule is CC[C@@H]1CN(Cc2cc(C(CC(=O)Nc3cnc(NC(CO)CO)nc3)c3ccc4c(nnn4CC)c3C)ccc2C)S(=O)(=O)c2cccnc2O1. The summed E-state index contributed by atoms with van der Waals surface area (Å²) < 4.78 is 37.2. The Bertz CT molecular complexity index is 2160. The molecule has 0 aliphatic carbocycles. The molecule has 52 heavy (non-hydrogen) atoms. The molecule has 1 amide bonds. The van der Waals surface area contributed by atoms with E-state index in [-0.39, 0.29) is 61.5 Å². The van der Waals surface area contributed by atoms with E-state index >= 15 is 0 Å². The number of ether oxygens (including phenoxy) is 1. The van der Waals surface area contributed by atoms with Crippen LogP contribution in [0.15, 0.2) is 66.0 Å². The van der Waals surface area contributed by atoms with Crippen molar-refractivity contribution in [3.05, 3.63) is 88.9 Å². The van der Waals surface area contributed by atoms with Crippen LogP contribution < -0.4 is 15.4 Å². The second-order valence-electron chi connectivity index (χ2n) is 12.8. The number of amides is 1. The molecule has 2 atom stereocenters. The number of nitrogens with one attached hydrogen (secondary N) is 2. The van der Waals surface area contributed by atoms with E-state index in [1.165, 1.54) is 29.0 Å². The monoisotopic (exact) mass is 729 g/mol. The van der Waals surface area contributed by atoms with Crippen molar-refractivity contribution in [1.29, 1.82) is 0 Å². The van der Waals surface area contributed by atoms with Crippen molar-refractivity contribution in [3.63, 3.8) is 0 Å². The number of benzene rings is 2. The number of rotatable bonds is 13. The first-order valence-electron chi connectivity index (χ1n) is 17.2. The van der Waals surface area contributed by atoms with Crippen LogP contribution in [0.5, 0.6) is 5.88 Å². The van der Waals surface area contributed by atoms with Gasteiger partial charge in [0.2, 0.25) is 27.8 Å². The van der Waals surface area contributed by atoms with Gasteiger partial charge in [-0.3, -0.25) is 4.79 Å². The summed E-state index contributed by atoms with van der Waals surface area (Å²) in [5.41, 5.74) is 6.30. The second-order valence-corrected chi connectivity index (χ2v) is 14.7. The lowest BCUT2D eigenvalue weighted by atomic mass is 9.84. The molecule has 0 saturated carbocycles. The smallest absolute Gasteiger partial charge is 0.248 e. The van der Waals surface area contributed by atoms with Crippen molar-refractivity contribution in [2.24, 2.45) is 0 Å². The molecule has 5 aromatic rings. The van der Waals surface area contributed by atoms with E-state index in [9.17, 15) is 23.4 Å². The topological polar surface area (TPSA) is 198 Å². The Kier molecular flexibility index (Phi) is 11.1. The van der Waals surface area contributed by atoms with Crippen molar-refractivity contribution >= 4 is 38.6 Å². The Labute approximate surface area is 302 Å². The van der Waals surface area contributed by atoms with Gasteiger partial charge in [-0.1, -0.05) is 36.4 Å². The van der Waals surface area contributed by atoms with E-state index in [0.717, 1.165) is 38.9 Å². The third-order valence-electron chi connectivity index (χ3n) is 9.37. The first-order chi connectivity index (χ1) is 25.1. The first-order valence-corrected chi connectivity index (χ1v) is 18.6. The number of nitrogens with zero attached hydrogens (tertiary/aromatic N) is 7. The summed E-state index contributed by atoms with van der Waals surface area (Å²) in [6, 6.07) is 12.4. The van der Waals surface area contributed by atoms with E-state index in [1.54, 1.807) is 6.07 Å². The van der Waals surface area contributed by atoms with Gasteiger partial charge in [-0.25, -0.2) is 28.1 Å². The zero-order chi connectivity index (χ0) is 37.0. The molecular formula is C36H43N9O6S. The van der Waals surface area contributed by atoms with Crippen LogP contribution in [0.2, 0.25) is 0 Å². The summed E-state index contributed by atoms with van der Waals surface area (Å²) >= 11 is 0. The lowest BCUT2D eigenvalue weighted by Gasteiger charge is -2.25. The number of carbonyl (C=O) groups is 1. The molecule has 6 rings (SSSR count). The second kappa shape index (κ2) is 15.7. The zero-order valence-electron chi connectivity index (χ0n) is 29.5. The third kappa shape index (κ3) is 7.60.